The van der Waals surface area contributed by atoms with Gasteiger partial charge in [-0.1, -0.05) is 13.8 Å². The SMILES string of the molecule is CC(C)Cc1cc(CN2CCC[C@H](NC(=O)c3ccn(C)n3)CC2)[nH]n1. The van der Waals surface area contributed by atoms with Gasteiger partial charge in [0, 0.05) is 38.1 Å². The van der Waals surface area contributed by atoms with Gasteiger partial charge < -0.3 is 5.32 Å². The van der Waals surface area contributed by atoms with Crippen LogP contribution in [0.1, 0.15) is 55.0 Å². The van der Waals surface area contributed by atoms with Crippen molar-refractivity contribution in [3.05, 3.63) is 35.4 Å². The van der Waals surface area contributed by atoms with E-state index in [1.165, 1.54) is 5.69 Å². The highest BCUT2D eigenvalue weighted by Gasteiger charge is 2.20. The van der Waals surface area contributed by atoms with E-state index in [0.29, 0.717) is 11.6 Å². The summed E-state index contributed by atoms with van der Waals surface area (Å²) in [6, 6.07) is 4.16. The first-order valence-corrected chi connectivity index (χ1v) is 9.55. The van der Waals surface area contributed by atoms with Crippen LogP contribution in [0.4, 0.5) is 0 Å². The Morgan fingerprint density at radius 3 is 2.96 bits per heavy atom. The number of aryl methyl sites for hydroxylation is 1. The van der Waals surface area contributed by atoms with Gasteiger partial charge in [-0.05, 0) is 50.3 Å². The molecule has 7 nitrogen and oxygen atoms in total. The Balaban J connectivity index is 1.48. The molecule has 3 heterocycles. The van der Waals surface area contributed by atoms with Gasteiger partial charge in [-0.25, -0.2) is 0 Å². The van der Waals surface area contributed by atoms with Gasteiger partial charge in [0.05, 0.1) is 5.69 Å². The first kappa shape index (κ1) is 18.6. The standard InChI is InChI=1S/C19H30N6O/c1-14(2)11-16-12-17(22-21-16)13-25-8-4-5-15(6-10-25)20-19(26)18-7-9-24(3)23-18/h7,9,12,14-15H,4-6,8,10-11,13H2,1-3H3,(H,20,26)(H,21,22)/t15-/m0/s1. The van der Waals surface area contributed by atoms with Gasteiger partial charge in [0.2, 0.25) is 0 Å². The van der Waals surface area contributed by atoms with Crippen molar-refractivity contribution in [2.75, 3.05) is 13.1 Å². The van der Waals surface area contributed by atoms with Crippen LogP contribution in [0, 0.1) is 5.92 Å². The average Bonchev–Trinajstić information content (AvgIpc) is 3.14. The number of H-pyrrole nitrogens is 1. The van der Waals surface area contributed by atoms with E-state index in [1.54, 1.807) is 16.9 Å². The number of hydrogen-bond acceptors (Lipinski definition) is 4. The fourth-order valence-corrected chi connectivity index (χ4v) is 3.51. The number of likely N-dealkylation sites (tertiary alicyclic amines) is 1. The van der Waals surface area contributed by atoms with E-state index >= 15 is 0 Å². The number of nitrogens with zero attached hydrogens (tertiary/aromatic N) is 4. The molecule has 0 saturated carbocycles. The molecular formula is C19H30N6O. The molecule has 1 saturated heterocycles. The van der Waals surface area contributed by atoms with Crippen LogP contribution in [-0.2, 0) is 20.0 Å². The molecular weight excluding hydrogens is 328 g/mol. The molecule has 2 aromatic rings. The first-order valence-electron chi connectivity index (χ1n) is 9.55. The van der Waals surface area contributed by atoms with Crippen LogP contribution in [0.2, 0.25) is 0 Å². The summed E-state index contributed by atoms with van der Waals surface area (Å²) in [5.41, 5.74) is 2.81. The van der Waals surface area contributed by atoms with Crippen LogP contribution in [0.15, 0.2) is 18.3 Å². The summed E-state index contributed by atoms with van der Waals surface area (Å²) < 4.78 is 1.65. The van der Waals surface area contributed by atoms with E-state index < -0.39 is 0 Å². The zero-order chi connectivity index (χ0) is 18.5. The van der Waals surface area contributed by atoms with Crippen molar-refractivity contribution < 1.29 is 4.79 Å². The van der Waals surface area contributed by atoms with Gasteiger partial charge in [0.15, 0.2) is 0 Å². The second-order valence-corrected chi connectivity index (χ2v) is 7.73. The van der Waals surface area contributed by atoms with Crippen molar-refractivity contribution in [2.24, 2.45) is 13.0 Å². The van der Waals surface area contributed by atoms with Crippen LogP contribution >= 0.6 is 0 Å². The summed E-state index contributed by atoms with van der Waals surface area (Å²) in [7, 11) is 1.82. The third-order valence-electron chi connectivity index (χ3n) is 4.80. The summed E-state index contributed by atoms with van der Waals surface area (Å²) in [5, 5.41) is 14.9. The number of aromatic amines is 1. The van der Waals surface area contributed by atoms with E-state index in [2.05, 4.69) is 45.4 Å². The van der Waals surface area contributed by atoms with Crippen LogP contribution in [-0.4, -0.2) is 49.9 Å². The Labute approximate surface area is 155 Å². The molecule has 7 heteroatoms. The maximum absolute atomic E-state index is 12.3. The number of nitrogens with one attached hydrogen (secondary N) is 2. The average molecular weight is 358 g/mol. The van der Waals surface area contributed by atoms with E-state index in [1.807, 2.05) is 7.05 Å². The maximum atomic E-state index is 12.3. The van der Waals surface area contributed by atoms with Crippen molar-refractivity contribution in [1.82, 2.24) is 30.2 Å². The quantitative estimate of drug-likeness (QED) is 0.829. The summed E-state index contributed by atoms with van der Waals surface area (Å²) in [4.78, 5) is 14.7. The number of carbonyl (C=O) groups is 1. The lowest BCUT2D eigenvalue weighted by Crippen LogP contribution is -2.36. The third kappa shape index (κ3) is 5.17. The summed E-state index contributed by atoms with van der Waals surface area (Å²) in [6.07, 6.45) is 5.86. The molecule has 26 heavy (non-hydrogen) atoms. The minimum absolute atomic E-state index is 0.0732. The van der Waals surface area contributed by atoms with Crippen molar-refractivity contribution >= 4 is 5.91 Å². The lowest BCUT2D eigenvalue weighted by molar-refractivity contribution is 0.0927. The Morgan fingerprint density at radius 1 is 1.38 bits per heavy atom. The smallest absolute Gasteiger partial charge is 0.271 e. The van der Waals surface area contributed by atoms with E-state index in [4.69, 9.17) is 0 Å². The highest BCUT2D eigenvalue weighted by Crippen LogP contribution is 2.15. The van der Waals surface area contributed by atoms with Gasteiger partial charge in [-0.2, -0.15) is 10.2 Å². The summed E-state index contributed by atoms with van der Waals surface area (Å²) in [6.45, 7) is 7.34. The van der Waals surface area contributed by atoms with Crippen LogP contribution in [0.25, 0.3) is 0 Å². The third-order valence-corrected chi connectivity index (χ3v) is 4.80. The molecule has 0 bridgehead atoms. The van der Waals surface area contributed by atoms with Crippen molar-refractivity contribution in [1.29, 1.82) is 0 Å². The predicted octanol–water partition coefficient (Wildman–Crippen LogP) is 2.13. The Kier molecular flexibility index (Phi) is 6.08. The molecule has 1 fully saturated rings. The van der Waals surface area contributed by atoms with E-state index in [9.17, 15) is 4.79 Å². The summed E-state index contributed by atoms with van der Waals surface area (Å²) in [5.74, 6) is 0.545. The Bertz CT molecular complexity index is 719. The minimum Gasteiger partial charge on any atom is -0.348 e. The van der Waals surface area contributed by atoms with E-state index in [-0.39, 0.29) is 11.9 Å². The van der Waals surface area contributed by atoms with Crippen molar-refractivity contribution in [3.8, 4) is 0 Å². The molecule has 0 radical (unpaired) electrons. The lowest BCUT2D eigenvalue weighted by atomic mass is 10.1. The molecule has 3 rings (SSSR count). The molecule has 1 amide bonds. The van der Waals surface area contributed by atoms with Crippen LogP contribution in [0.3, 0.4) is 0 Å². The summed E-state index contributed by atoms with van der Waals surface area (Å²) >= 11 is 0. The molecule has 0 spiro atoms. The zero-order valence-corrected chi connectivity index (χ0v) is 16.0. The minimum atomic E-state index is -0.0732. The van der Waals surface area contributed by atoms with Gasteiger partial charge in [-0.15, -0.1) is 0 Å². The maximum Gasteiger partial charge on any atom is 0.271 e. The monoisotopic (exact) mass is 358 g/mol. The van der Waals surface area contributed by atoms with E-state index in [0.717, 1.165) is 51.0 Å². The topological polar surface area (TPSA) is 78.8 Å². The van der Waals surface area contributed by atoms with Crippen molar-refractivity contribution in [2.45, 2.75) is 52.1 Å². The normalized spacial score (nSPS) is 18.8. The van der Waals surface area contributed by atoms with Crippen molar-refractivity contribution in [3.63, 3.8) is 0 Å². The second kappa shape index (κ2) is 8.49. The number of aromatic nitrogens is 4. The van der Waals surface area contributed by atoms with Gasteiger partial charge in [-0.3, -0.25) is 19.5 Å². The zero-order valence-electron chi connectivity index (χ0n) is 16.0. The number of hydrogen-bond donors (Lipinski definition) is 2. The first-order chi connectivity index (χ1) is 12.5. The molecule has 142 valence electrons. The molecule has 0 aliphatic carbocycles. The molecule has 1 aliphatic heterocycles. The second-order valence-electron chi connectivity index (χ2n) is 7.73. The molecule has 2 aromatic heterocycles. The Hall–Kier alpha value is -2.15. The number of amides is 1. The highest BCUT2D eigenvalue weighted by atomic mass is 16.2. The molecule has 1 aliphatic rings. The lowest BCUT2D eigenvalue weighted by Gasteiger charge is -2.19. The fraction of sp³-hybridized carbons (Fsp3) is 0.632. The van der Waals surface area contributed by atoms with Gasteiger partial charge in [0.1, 0.15) is 5.69 Å². The predicted molar refractivity (Wildman–Crippen MR) is 101 cm³/mol. The molecule has 2 N–H and O–H groups in total. The fourth-order valence-electron chi connectivity index (χ4n) is 3.51. The largest absolute Gasteiger partial charge is 0.348 e. The molecule has 1 atom stereocenters. The number of carbonyl (C=O) groups excluding carboxylic acids is 1. The number of rotatable bonds is 6. The highest BCUT2D eigenvalue weighted by molar-refractivity contribution is 5.92. The van der Waals surface area contributed by atoms with Gasteiger partial charge >= 0.3 is 0 Å². The van der Waals surface area contributed by atoms with Crippen LogP contribution in [0.5, 0.6) is 0 Å². The molecule has 0 unspecified atom stereocenters. The van der Waals surface area contributed by atoms with Crippen LogP contribution < -0.4 is 5.32 Å². The van der Waals surface area contributed by atoms with Gasteiger partial charge in [0.25, 0.3) is 5.91 Å². The molecule has 0 aromatic carbocycles. The Morgan fingerprint density at radius 2 is 2.23 bits per heavy atom.